The summed E-state index contributed by atoms with van der Waals surface area (Å²) in [7, 11) is 0. The molecule has 0 bridgehead atoms. The third kappa shape index (κ3) is 2.97. The predicted molar refractivity (Wildman–Crippen MR) is 89.4 cm³/mol. The van der Waals surface area contributed by atoms with E-state index in [9.17, 15) is 9.59 Å². The molecule has 0 aliphatic heterocycles. The molecule has 0 atom stereocenters. The summed E-state index contributed by atoms with van der Waals surface area (Å²) in [6.45, 7) is 0. The number of rotatable bonds is 3. The van der Waals surface area contributed by atoms with Gasteiger partial charge in [-0.25, -0.2) is 5.84 Å². The molecule has 6 heteroatoms. The lowest BCUT2D eigenvalue weighted by Crippen LogP contribution is -2.29. The van der Waals surface area contributed by atoms with Crippen molar-refractivity contribution in [2.45, 2.75) is 6.42 Å². The van der Waals surface area contributed by atoms with Crippen molar-refractivity contribution >= 4 is 34.3 Å². The van der Waals surface area contributed by atoms with E-state index in [1.54, 1.807) is 36.4 Å². The minimum Gasteiger partial charge on any atom is -0.290 e. The van der Waals surface area contributed by atoms with Crippen molar-refractivity contribution in [1.82, 2.24) is 9.99 Å². The van der Waals surface area contributed by atoms with Crippen molar-refractivity contribution in [3.8, 4) is 0 Å². The van der Waals surface area contributed by atoms with Gasteiger partial charge in [0, 0.05) is 16.6 Å². The van der Waals surface area contributed by atoms with Crippen LogP contribution in [0.3, 0.4) is 0 Å². The first-order valence-corrected chi connectivity index (χ1v) is 7.36. The van der Waals surface area contributed by atoms with Crippen LogP contribution in [-0.2, 0) is 6.42 Å². The Labute approximate surface area is 137 Å². The number of hydrogen-bond acceptors (Lipinski definition) is 3. The summed E-state index contributed by atoms with van der Waals surface area (Å²) in [5.74, 6) is 4.64. The first kappa shape index (κ1) is 15.3. The molecule has 1 heterocycles. The summed E-state index contributed by atoms with van der Waals surface area (Å²) in [6, 6.07) is 14.3. The number of benzene rings is 2. The third-order valence-corrected chi connectivity index (χ3v) is 3.88. The number of nitrogens with one attached hydrogen (secondary N) is 1. The lowest BCUT2D eigenvalue weighted by Gasteiger charge is -2.04. The number of halogens is 1. The van der Waals surface area contributed by atoms with Crippen LogP contribution in [-0.4, -0.2) is 16.4 Å². The van der Waals surface area contributed by atoms with Crippen LogP contribution in [0.15, 0.2) is 54.7 Å². The third-order valence-electron chi connectivity index (χ3n) is 3.62. The second-order valence-electron chi connectivity index (χ2n) is 5.10. The first-order valence-electron chi connectivity index (χ1n) is 6.99. The number of nitrogens with zero attached hydrogens (tertiary/aromatic N) is 1. The van der Waals surface area contributed by atoms with Gasteiger partial charge in [-0.2, -0.15) is 0 Å². The van der Waals surface area contributed by atoms with Crippen LogP contribution in [0.2, 0.25) is 5.02 Å². The number of hydrazine groups is 1. The van der Waals surface area contributed by atoms with Gasteiger partial charge in [-0.15, -0.1) is 0 Å². The Bertz CT molecular complexity index is 884. The van der Waals surface area contributed by atoms with Crippen molar-refractivity contribution in [2.24, 2.45) is 5.84 Å². The zero-order valence-corrected chi connectivity index (χ0v) is 12.9. The molecule has 2 aromatic carbocycles. The number of hydrogen-bond donors (Lipinski definition) is 2. The van der Waals surface area contributed by atoms with Crippen molar-refractivity contribution in [3.05, 3.63) is 70.9 Å². The zero-order valence-electron chi connectivity index (χ0n) is 12.1. The van der Waals surface area contributed by atoms with Gasteiger partial charge in [0.05, 0.1) is 17.5 Å². The van der Waals surface area contributed by atoms with E-state index in [4.69, 9.17) is 17.4 Å². The highest BCUT2D eigenvalue weighted by Crippen LogP contribution is 2.22. The molecule has 0 radical (unpaired) electrons. The van der Waals surface area contributed by atoms with Crippen molar-refractivity contribution < 1.29 is 9.59 Å². The summed E-state index contributed by atoms with van der Waals surface area (Å²) >= 11 is 5.85. The Morgan fingerprint density at radius 1 is 1.09 bits per heavy atom. The Balaban J connectivity index is 2.00. The monoisotopic (exact) mass is 327 g/mol. The number of nitrogens with two attached hydrogens (primary N) is 1. The maximum absolute atomic E-state index is 12.6. The van der Waals surface area contributed by atoms with E-state index in [1.165, 1.54) is 10.8 Å². The topological polar surface area (TPSA) is 77.1 Å². The smallest absolute Gasteiger partial charge is 0.267 e. The molecule has 1 amide bonds. The Morgan fingerprint density at radius 2 is 1.78 bits per heavy atom. The van der Waals surface area contributed by atoms with Gasteiger partial charge in [0.2, 0.25) is 5.91 Å². The Hall–Kier alpha value is -2.63. The lowest BCUT2D eigenvalue weighted by molar-refractivity contribution is 0.0919. The molecule has 0 spiro atoms. The highest BCUT2D eigenvalue weighted by Gasteiger charge is 2.17. The maximum Gasteiger partial charge on any atom is 0.267 e. The minimum atomic E-state index is -0.431. The summed E-state index contributed by atoms with van der Waals surface area (Å²) < 4.78 is 1.48. The minimum absolute atomic E-state index is 0.139. The molecule has 3 aromatic rings. The van der Waals surface area contributed by atoms with Crippen molar-refractivity contribution in [1.29, 1.82) is 0 Å². The number of nitrogen functional groups attached to an aromatic ring is 1. The van der Waals surface area contributed by atoms with Gasteiger partial charge >= 0.3 is 0 Å². The van der Waals surface area contributed by atoms with E-state index in [2.05, 4.69) is 5.43 Å². The number of carbonyl (C=O) groups is 2. The molecule has 0 aliphatic rings. The average molecular weight is 328 g/mol. The van der Waals surface area contributed by atoms with Gasteiger partial charge in [-0.3, -0.25) is 19.6 Å². The highest BCUT2D eigenvalue weighted by molar-refractivity contribution is 6.30. The number of aromatic nitrogens is 1. The molecule has 5 nitrogen and oxygen atoms in total. The van der Waals surface area contributed by atoms with Gasteiger partial charge < -0.3 is 0 Å². The highest BCUT2D eigenvalue weighted by atomic mass is 35.5. The average Bonchev–Trinajstić information content (AvgIpc) is 2.96. The molecular weight excluding hydrogens is 314 g/mol. The molecule has 23 heavy (non-hydrogen) atoms. The normalized spacial score (nSPS) is 10.7. The van der Waals surface area contributed by atoms with E-state index >= 15 is 0 Å². The zero-order chi connectivity index (χ0) is 16.4. The Kier molecular flexibility index (Phi) is 4.14. The molecule has 0 fully saturated rings. The van der Waals surface area contributed by atoms with E-state index in [0.29, 0.717) is 21.5 Å². The molecule has 0 unspecified atom stereocenters. The van der Waals surface area contributed by atoms with Gasteiger partial charge in [0.25, 0.3) is 5.91 Å². The maximum atomic E-state index is 12.6. The Morgan fingerprint density at radius 3 is 2.48 bits per heavy atom. The molecule has 3 rings (SSSR count). The van der Waals surface area contributed by atoms with Crippen LogP contribution in [0, 0.1) is 0 Å². The van der Waals surface area contributed by atoms with E-state index in [0.717, 1.165) is 5.56 Å². The SMILES string of the molecule is NNC(=O)c1cn(C(=O)Cc2ccc(Cl)cc2)c2ccccc12. The van der Waals surface area contributed by atoms with Gasteiger partial charge in [-0.05, 0) is 23.8 Å². The van der Waals surface area contributed by atoms with Crippen molar-refractivity contribution in [2.75, 3.05) is 0 Å². The number of fused-ring (bicyclic) bond motifs is 1. The fourth-order valence-electron chi connectivity index (χ4n) is 2.51. The second-order valence-corrected chi connectivity index (χ2v) is 5.54. The summed E-state index contributed by atoms with van der Waals surface area (Å²) in [4.78, 5) is 24.5. The molecule has 3 N–H and O–H groups in total. The first-order chi connectivity index (χ1) is 11.1. The lowest BCUT2D eigenvalue weighted by atomic mass is 10.1. The largest absolute Gasteiger partial charge is 0.290 e. The fourth-order valence-corrected chi connectivity index (χ4v) is 2.63. The van der Waals surface area contributed by atoms with Crippen LogP contribution in [0.5, 0.6) is 0 Å². The van der Waals surface area contributed by atoms with Crippen LogP contribution >= 0.6 is 11.6 Å². The number of carbonyl (C=O) groups excluding carboxylic acids is 2. The van der Waals surface area contributed by atoms with E-state index < -0.39 is 5.91 Å². The van der Waals surface area contributed by atoms with Gasteiger partial charge in [0.15, 0.2) is 0 Å². The van der Waals surface area contributed by atoms with Gasteiger partial charge in [0.1, 0.15) is 0 Å². The van der Waals surface area contributed by atoms with Crippen LogP contribution in [0.25, 0.3) is 10.9 Å². The molecule has 116 valence electrons. The van der Waals surface area contributed by atoms with Gasteiger partial charge in [-0.1, -0.05) is 41.9 Å². The van der Waals surface area contributed by atoms with Crippen LogP contribution in [0.4, 0.5) is 0 Å². The second kappa shape index (κ2) is 6.24. The summed E-state index contributed by atoms with van der Waals surface area (Å²) in [6.07, 6.45) is 1.73. The van der Waals surface area contributed by atoms with Crippen LogP contribution < -0.4 is 11.3 Å². The van der Waals surface area contributed by atoms with E-state index in [-0.39, 0.29) is 12.3 Å². The summed E-state index contributed by atoms with van der Waals surface area (Å²) in [5.41, 5.74) is 3.99. The van der Waals surface area contributed by atoms with Crippen molar-refractivity contribution in [3.63, 3.8) is 0 Å². The number of para-hydroxylation sites is 1. The molecular formula is C17H14ClN3O2. The predicted octanol–water partition coefficient (Wildman–Crippen LogP) is 2.78. The number of amides is 1. The fraction of sp³-hybridized carbons (Fsp3) is 0.0588. The van der Waals surface area contributed by atoms with E-state index in [1.807, 2.05) is 12.1 Å². The standard InChI is InChI=1S/C17H14ClN3O2/c18-12-7-5-11(6-8-12)9-16(22)21-10-14(17(23)20-19)13-3-1-2-4-15(13)21/h1-8,10H,9,19H2,(H,20,23). The molecule has 0 saturated carbocycles. The quantitative estimate of drug-likeness (QED) is 0.441. The molecule has 0 saturated heterocycles. The van der Waals surface area contributed by atoms with Crippen LogP contribution in [0.1, 0.15) is 20.7 Å². The summed E-state index contributed by atoms with van der Waals surface area (Å²) in [5, 5.41) is 1.30. The molecule has 1 aromatic heterocycles. The molecule has 0 aliphatic carbocycles.